The predicted molar refractivity (Wildman–Crippen MR) is 107 cm³/mol. The maximum Gasteiger partial charge on any atom is 0.284 e. The number of hydrogen-bond acceptors (Lipinski definition) is 9. The molecule has 1 aromatic heterocycles. The largest absolute Gasteiger partial charge is 0.284 e. The molecule has 0 aliphatic heterocycles. The SMILES string of the molecule is Cc1sc(-c2ccc([N+](=O)[O-])cc2[N+](=O)[O-])cc1-c1ccc([N+](=O)[O-])cc1[N+](=O)[O-]. The second kappa shape index (κ2) is 7.63. The van der Waals surface area contributed by atoms with Gasteiger partial charge in [0.05, 0.1) is 43.0 Å². The summed E-state index contributed by atoms with van der Waals surface area (Å²) in [6.07, 6.45) is 0. The van der Waals surface area contributed by atoms with Gasteiger partial charge in [-0.1, -0.05) is 0 Å². The Morgan fingerprint density at radius 3 is 1.57 bits per heavy atom. The molecule has 0 N–H and O–H groups in total. The number of nitro benzene ring substituents is 4. The molecule has 2 aromatic carbocycles. The standard InChI is InChI=1S/C17H10N4O8S/c1-9-14(12-4-2-10(18(22)23)6-15(12)20(26)27)8-17(30-9)13-5-3-11(19(24)25)7-16(13)21(28)29/h2-8H,1H3. The van der Waals surface area contributed by atoms with Gasteiger partial charge >= 0.3 is 0 Å². The molecule has 0 aliphatic carbocycles. The van der Waals surface area contributed by atoms with Crippen LogP contribution in [0.5, 0.6) is 0 Å². The summed E-state index contributed by atoms with van der Waals surface area (Å²) >= 11 is 1.11. The van der Waals surface area contributed by atoms with Crippen LogP contribution < -0.4 is 0 Å². The Hall–Kier alpha value is -4.26. The Bertz CT molecular complexity index is 1240. The molecule has 3 aromatic rings. The third-order valence-corrected chi connectivity index (χ3v) is 5.33. The van der Waals surface area contributed by atoms with Gasteiger partial charge in [0, 0.05) is 27.5 Å². The van der Waals surface area contributed by atoms with Gasteiger partial charge < -0.3 is 0 Å². The average molecular weight is 430 g/mol. The van der Waals surface area contributed by atoms with Gasteiger partial charge in [0.2, 0.25) is 0 Å². The van der Waals surface area contributed by atoms with E-state index < -0.39 is 42.4 Å². The molecule has 30 heavy (non-hydrogen) atoms. The van der Waals surface area contributed by atoms with Crippen LogP contribution in [0.3, 0.4) is 0 Å². The predicted octanol–water partition coefficient (Wildman–Crippen LogP) is 5.02. The molecule has 3 rings (SSSR count). The zero-order valence-electron chi connectivity index (χ0n) is 15.0. The lowest BCUT2D eigenvalue weighted by Crippen LogP contribution is -1.95. The van der Waals surface area contributed by atoms with Crippen LogP contribution >= 0.6 is 11.3 Å². The van der Waals surface area contributed by atoms with Crippen molar-refractivity contribution in [2.75, 3.05) is 0 Å². The van der Waals surface area contributed by atoms with Gasteiger partial charge in [-0.25, -0.2) is 0 Å². The van der Waals surface area contributed by atoms with Gasteiger partial charge in [-0.2, -0.15) is 0 Å². The van der Waals surface area contributed by atoms with Crippen LogP contribution in [-0.4, -0.2) is 19.7 Å². The summed E-state index contributed by atoms with van der Waals surface area (Å²) in [7, 11) is 0. The number of nitro groups is 4. The van der Waals surface area contributed by atoms with Crippen LogP contribution in [0, 0.1) is 47.4 Å². The second-order valence-corrected chi connectivity index (χ2v) is 7.27. The number of thiophene rings is 1. The molecule has 0 saturated carbocycles. The Kier molecular flexibility index (Phi) is 5.21. The van der Waals surface area contributed by atoms with Crippen LogP contribution in [-0.2, 0) is 0 Å². The molecule has 0 fully saturated rings. The summed E-state index contributed by atoms with van der Waals surface area (Å²) in [4.78, 5) is 42.7. The van der Waals surface area contributed by atoms with E-state index in [1.807, 2.05) is 0 Å². The maximum absolute atomic E-state index is 11.4. The first-order chi connectivity index (χ1) is 14.1. The van der Waals surface area contributed by atoms with Gasteiger partial charge in [-0.15, -0.1) is 11.3 Å². The smallest absolute Gasteiger partial charge is 0.258 e. The molecule has 13 heteroatoms. The average Bonchev–Trinajstić information content (AvgIpc) is 3.08. The summed E-state index contributed by atoms with van der Waals surface area (Å²) in [5.74, 6) is 0. The van der Waals surface area contributed by atoms with Crippen molar-refractivity contribution in [3.05, 3.63) is 87.8 Å². The number of benzene rings is 2. The monoisotopic (exact) mass is 430 g/mol. The first-order valence-corrected chi connectivity index (χ1v) is 8.88. The van der Waals surface area contributed by atoms with Gasteiger partial charge in [0.25, 0.3) is 22.7 Å². The summed E-state index contributed by atoms with van der Waals surface area (Å²) in [5.41, 5.74) is -1.21. The molecule has 0 aliphatic rings. The Balaban J connectivity index is 2.18. The molecule has 0 atom stereocenters. The van der Waals surface area contributed by atoms with Crippen LogP contribution in [0.25, 0.3) is 21.6 Å². The van der Waals surface area contributed by atoms with Crippen molar-refractivity contribution in [2.24, 2.45) is 0 Å². The molecule has 0 spiro atoms. The molecule has 0 bridgehead atoms. The number of rotatable bonds is 6. The molecular weight excluding hydrogens is 420 g/mol. The minimum atomic E-state index is -0.748. The lowest BCUT2D eigenvalue weighted by atomic mass is 10.0. The Morgan fingerprint density at radius 1 is 0.633 bits per heavy atom. The van der Waals surface area contributed by atoms with E-state index in [0.717, 1.165) is 35.6 Å². The van der Waals surface area contributed by atoms with E-state index in [9.17, 15) is 40.5 Å². The lowest BCUT2D eigenvalue weighted by molar-refractivity contribution is -0.394. The molecule has 1 heterocycles. The quantitative estimate of drug-likeness (QED) is 0.387. The highest BCUT2D eigenvalue weighted by Crippen LogP contribution is 2.44. The highest BCUT2D eigenvalue weighted by Gasteiger charge is 2.26. The second-order valence-electron chi connectivity index (χ2n) is 6.01. The van der Waals surface area contributed by atoms with Crippen molar-refractivity contribution in [2.45, 2.75) is 6.92 Å². The summed E-state index contributed by atoms with van der Waals surface area (Å²) in [6, 6.07) is 7.94. The van der Waals surface area contributed by atoms with E-state index >= 15 is 0 Å². The van der Waals surface area contributed by atoms with Crippen molar-refractivity contribution in [3.63, 3.8) is 0 Å². The van der Waals surface area contributed by atoms with E-state index in [0.29, 0.717) is 15.3 Å². The fraction of sp³-hybridized carbons (Fsp3) is 0.0588. The van der Waals surface area contributed by atoms with Gasteiger partial charge in [0.1, 0.15) is 0 Å². The molecule has 0 unspecified atom stereocenters. The maximum atomic E-state index is 11.4. The Labute approximate surface area is 170 Å². The third kappa shape index (κ3) is 3.68. The summed E-state index contributed by atoms with van der Waals surface area (Å²) in [6.45, 7) is 1.64. The third-order valence-electron chi connectivity index (χ3n) is 4.25. The summed E-state index contributed by atoms with van der Waals surface area (Å²) < 4.78 is 0. The number of non-ortho nitro benzene ring substituents is 2. The normalized spacial score (nSPS) is 10.6. The zero-order valence-corrected chi connectivity index (χ0v) is 15.8. The molecule has 0 amide bonds. The van der Waals surface area contributed by atoms with E-state index in [2.05, 4.69) is 0 Å². The van der Waals surface area contributed by atoms with Crippen LogP contribution in [0.2, 0.25) is 0 Å². The van der Waals surface area contributed by atoms with E-state index in [-0.39, 0.29) is 11.1 Å². The van der Waals surface area contributed by atoms with E-state index in [4.69, 9.17) is 0 Å². The Morgan fingerprint density at radius 2 is 1.10 bits per heavy atom. The fourth-order valence-electron chi connectivity index (χ4n) is 2.89. The lowest BCUT2D eigenvalue weighted by Gasteiger charge is -2.02. The minimum absolute atomic E-state index is 0.120. The molecule has 0 radical (unpaired) electrons. The van der Waals surface area contributed by atoms with Crippen molar-refractivity contribution in [1.82, 2.24) is 0 Å². The summed E-state index contributed by atoms with van der Waals surface area (Å²) in [5, 5.41) is 44.7. The van der Waals surface area contributed by atoms with Gasteiger partial charge in [-0.3, -0.25) is 40.5 Å². The first-order valence-electron chi connectivity index (χ1n) is 8.07. The topological polar surface area (TPSA) is 173 Å². The molecule has 152 valence electrons. The highest BCUT2D eigenvalue weighted by atomic mass is 32.1. The van der Waals surface area contributed by atoms with Crippen molar-refractivity contribution < 1.29 is 19.7 Å². The molecule has 0 saturated heterocycles. The molecule has 12 nitrogen and oxygen atoms in total. The fourth-order valence-corrected chi connectivity index (χ4v) is 3.96. The van der Waals surface area contributed by atoms with Crippen LogP contribution in [0.1, 0.15) is 4.88 Å². The highest BCUT2D eigenvalue weighted by molar-refractivity contribution is 7.16. The molecular formula is C17H10N4O8S. The van der Waals surface area contributed by atoms with Crippen molar-refractivity contribution in [3.8, 4) is 21.6 Å². The van der Waals surface area contributed by atoms with E-state index in [1.165, 1.54) is 18.2 Å². The number of hydrogen-bond donors (Lipinski definition) is 0. The minimum Gasteiger partial charge on any atom is -0.258 e. The number of nitrogens with zero attached hydrogens (tertiary/aromatic N) is 4. The van der Waals surface area contributed by atoms with Crippen LogP contribution in [0.4, 0.5) is 22.7 Å². The first kappa shape index (κ1) is 20.5. The van der Waals surface area contributed by atoms with Crippen molar-refractivity contribution in [1.29, 1.82) is 0 Å². The van der Waals surface area contributed by atoms with Gasteiger partial charge in [-0.05, 0) is 25.1 Å². The van der Waals surface area contributed by atoms with Gasteiger partial charge in [0.15, 0.2) is 0 Å². The van der Waals surface area contributed by atoms with Crippen molar-refractivity contribution >= 4 is 34.1 Å². The zero-order chi connectivity index (χ0) is 22.2. The number of aryl methyl sites for hydroxylation is 1. The van der Waals surface area contributed by atoms with E-state index in [1.54, 1.807) is 6.92 Å². The van der Waals surface area contributed by atoms with Crippen LogP contribution in [0.15, 0.2) is 42.5 Å².